The first-order valence-corrected chi connectivity index (χ1v) is 9.32. The summed E-state index contributed by atoms with van der Waals surface area (Å²) in [6.07, 6.45) is 32.7. The highest BCUT2D eigenvalue weighted by Gasteiger charge is 1.88. The molecule has 0 saturated heterocycles. The normalized spacial score (nSPS) is 13.7. The third-order valence-electron chi connectivity index (χ3n) is 3.54. The molecule has 24 heavy (non-hydrogen) atoms. The minimum Gasteiger partial charge on any atom is -0.392 e. The lowest BCUT2D eigenvalue weighted by atomic mass is 10.1. The summed E-state index contributed by atoms with van der Waals surface area (Å²) >= 11 is 0. The summed E-state index contributed by atoms with van der Waals surface area (Å²) in [7, 11) is 0. The van der Waals surface area contributed by atoms with Crippen LogP contribution in [0, 0.1) is 0 Å². The molecule has 0 aliphatic rings. The van der Waals surface area contributed by atoms with Crippen LogP contribution in [0.3, 0.4) is 0 Å². The Morgan fingerprint density at radius 3 is 1.62 bits per heavy atom. The van der Waals surface area contributed by atoms with Gasteiger partial charge in [0.1, 0.15) is 0 Å². The fourth-order valence-electron chi connectivity index (χ4n) is 2.13. The van der Waals surface area contributed by atoms with E-state index >= 15 is 0 Å². The maximum atomic E-state index is 8.77. The number of rotatable bonds is 14. The summed E-state index contributed by atoms with van der Waals surface area (Å²) in [4.78, 5) is 0. The van der Waals surface area contributed by atoms with Crippen LogP contribution in [-0.2, 0) is 0 Å². The van der Waals surface area contributed by atoms with Crippen LogP contribution in [0.25, 0.3) is 0 Å². The zero-order valence-electron chi connectivity index (χ0n) is 15.7. The van der Waals surface area contributed by atoms with Crippen LogP contribution >= 0.6 is 0 Å². The molecule has 0 spiro atoms. The monoisotopic (exact) mass is 328 g/mol. The average molecular weight is 329 g/mol. The smallest absolute Gasteiger partial charge is 0.0614 e. The molecule has 0 aromatic rings. The molecule has 134 valence electrons. The van der Waals surface area contributed by atoms with E-state index in [9.17, 15) is 0 Å². The van der Waals surface area contributed by atoms with Gasteiger partial charge in [-0.05, 0) is 58.3 Å². The molecule has 0 amide bonds. The van der Waals surface area contributed by atoms with Crippen molar-refractivity contribution in [2.45, 2.75) is 65.2 Å². The molecule has 0 aromatic carbocycles. The maximum Gasteiger partial charge on any atom is 0.0614 e. The second-order valence-electron chi connectivity index (χ2n) is 5.83. The second-order valence-corrected chi connectivity index (χ2v) is 5.83. The molecule has 0 radical (unpaired) electrons. The van der Waals surface area contributed by atoms with Crippen LogP contribution in [0.2, 0.25) is 0 Å². The van der Waals surface area contributed by atoms with E-state index in [1.165, 1.54) is 5.57 Å². The standard InChI is InChI=1S/C23H36O/c1-3-4-5-6-7-8-9-10-11-12-13-14-15-16-17-18-19-20-23(2)21-22-24/h4-5,7-8,10-11,13-14,16-17,21,24H,3,6,9,12,15,18-20,22H2,1-2H3/b5-4-,8-7-,11-10-,14-13-,17-16-,23-21+. The topological polar surface area (TPSA) is 20.2 Å². The molecule has 0 saturated carbocycles. The van der Waals surface area contributed by atoms with Gasteiger partial charge in [-0.2, -0.15) is 0 Å². The summed E-state index contributed by atoms with van der Waals surface area (Å²) in [5, 5.41) is 8.77. The van der Waals surface area contributed by atoms with Crippen LogP contribution < -0.4 is 0 Å². The van der Waals surface area contributed by atoms with E-state index in [1.807, 2.05) is 6.08 Å². The zero-order valence-corrected chi connectivity index (χ0v) is 15.7. The van der Waals surface area contributed by atoms with Gasteiger partial charge in [0, 0.05) is 0 Å². The van der Waals surface area contributed by atoms with Crippen molar-refractivity contribution in [1.82, 2.24) is 0 Å². The highest BCUT2D eigenvalue weighted by molar-refractivity contribution is 5.01. The minimum atomic E-state index is 0.160. The van der Waals surface area contributed by atoms with Gasteiger partial charge in [0.25, 0.3) is 0 Å². The highest BCUT2D eigenvalue weighted by Crippen LogP contribution is 2.06. The fourth-order valence-corrected chi connectivity index (χ4v) is 2.13. The van der Waals surface area contributed by atoms with E-state index in [1.54, 1.807) is 0 Å². The summed E-state index contributed by atoms with van der Waals surface area (Å²) in [6.45, 7) is 4.40. The summed E-state index contributed by atoms with van der Waals surface area (Å²) in [5.41, 5.74) is 1.28. The van der Waals surface area contributed by atoms with Crippen molar-refractivity contribution < 1.29 is 5.11 Å². The largest absolute Gasteiger partial charge is 0.392 e. The van der Waals surface area contributed by atoms with E-state index in [4.69, 9.17) is 5.11 Å². The molecule has 0 aliphatic carbocycles. The second kappa shape index (κ2) is 19.4. The number of hydrogen-bond donors (Lipinski definition) is 1. The fraction of sp³-hybridized carbons (Fsp3) is 0.478. The Bertz CT molecular complexity index is 433. The average Bonchev–Trinajstić information content (AvgIpc) is 2.58. The quantitative estimate of drug-likeness (QED) is 0.273. The summed E-state index contributed by atoms with van der Waals surface area (Å²) < 4.78 is 0. The number of allylic oxidation sites excluding steroid dienone is 11. The molecule has 0 rings (SSSR count). The number of hydrogen-bond acceptors (Lipinski definition) is 1. The van der Waals surface area contributed by atoms with Gasteiger partial charge in [-0.25, -0.2) is 0 Å². The highest BCUT2D eigenvalue weighted by atomic mass is 16.2. The van der Waals surface area contributed by atoms with Gasteiger partial charge in [0.05, 0.1) is 6.61 Å². The molecule has 1 N–H and O–H groups in total. The SMILES string of the molecule is CC/C=C\C/C=C\C/C=C\C/C=C\C/C=C\CCC/C(C)=C/CO. The first kappa shape index (κ1) is 22.4. The van der Waals surface area contributed by atoms with E-state index < -0.39 is 0 Å². The minimum absolute atomic E-state index is 0.160. The molecule has 0 fully saturated rings. The van der Waals surface area contributed by atoms with Crippen LogP contribution in [-0.4, -0.2) is 11.7 Å². The van der Waals surface area contributed by atoms with Crippen molar-refractivity contribution in [3.63, 3.8) is 0 Å². The molecule has 0 atom stereocenters. The molecular weight excluding hydrogens is 292 g/mol. The maximum absolute atomic E-state index is 8.77. The Balaban J connectivity index is 3.51. The summed E-state index contributed by atoms with van der Waals surface area (Å²) in [6, 6.07) is 0. The first-order valence-electron chi connectivity index (χ1n) is 9.32. The van der Waals surface area contributed by atoms with Gasteiger partial charge in [-0.1, -0.05) is 79.3 Å². The Labute approximate surface area is 149 Å². The Morgan fingerprint density at radius 1 is 0.708 bits per heavy atom. The van der Waals surface area contributed by atoms with Crippen LogP contribution in [0.1, 0.15) is 65.2 Å². The Morgan fingerprint density at radius 2 is 1.17 bits per heavy atom. The lowest BCUT2D eigenvalue weighted by molar-refractivity contribution is 0.341. The van der Waals surface area contributed by atoms with Gasteiger partial charge in [-0.3, -0.25) is 0 Å². The van der Waals surface area contributed by atoms with Crippen molar-refractivity contribution in [2.75, 3.05) is 6.61 Å². The molecule has 0 aromatic heterocycles. The predicted octanol–water partition coefficient (Wildman–Crippen LogP) is 6.85. The predicted molar refractivity (Wildman–Crippen MR) is 109 cm³/mol. The van der Waals surface area contributed by atoms with Gasteiger partial charge >= 0.3 is 0 Å². The molecule has 1 nitrogen and oxygen atoms in total. The van der Waals surface area contributed by atoms with Crippen molar-refractivity contribution in [2.24, 2.45) is 0 Å². The Hall–Kier alpha value is -1.60. The summed E-state index contributed by atoms with van der Waals surface area (Å²) in [5.74, 6) is 0. The molecular formula is C23H36O. The zero-order chi connectivity index (χ0) is 17.7. The van der Waals surface area contributed by atoms with Crippen molar-refractivity contribution in [3.8, 4) is 0 Å². The molecule has 1 heteroatoms. The molecule has 0 unspecified atom stereocenters. The van der Waals surface area contributed by atoms with Gasteiger partial charge in [-0.15, -0.1) is 0 Å². The van der Waals surface area contributed by atoms with E-state index in [2.05, 4.69) is 74.6 Å². The molecule has 0 aliphatic heterocycles. The number of aliphatic hydroxyl groups excluding tert-OH is 1. The van der Waals surface area contributed by atoms with Gasteiger partial charge < -0.3 is 5.11 Å². The van der Waals surface area contributed by atoms with E-state index in [0.29, 0.717) is 0 Å². The Kier molecular flexibility index (Phi) is 18.2. The van der Waals surface area contributed by atoms with Gasteiger partial charge in [0.2, 0.25) is 0 Å². The van der Waals surface area contributed by atoms with Crippen molar-refractivity contribution in [3.05, 3.63) is 72.4 Å². The number of unbranched alkanes of at least 4 members (excludes halogenated alkanes) is 1. The van der Waals surface area contributed by atoms with Crippen LogP contribution in [0.15, 0.2) is 72.4 Å². The van der Waals surface area contributed by atoms with E-state index in [0.717, 1.165) is 51.4 Å². The van der Waals surface area contributed by atoms with E-state index in [-0.39, 0.29) is 6.61 Å². The lowest BCUT2D eigenvalue weighted by Gasteiger charge is -1.97. The first-order chi connectivity index (χ1) is 11.8. The third-order valence-corrected chi connectivity index (χ3v) is 3.54. The third kappa shape index (κ3) is 18.4. The van der Waals surface area contributed by atoms with Crippen LogP contribution in [0.4, 0.5) is 0 Å². The van der Waals surface area contributed by atoms with Crippen molar-refractivity contribution in [1.29, 1.82) is 0 Å². The molecule has 0 heterocycles. The lowest BCUT2D eigenvalue weighted by Crippen LogP contribution is -1.81. The number of aliphatic hydroxyl groups is 1. The van der Waals surface area contributed by atoms with Gasteiger partial charge in [0.15, 0.2) is 0 Å². The van der Waals surface area contributed by atoms with Crippen molar-refractivity contribution >= 4 is 0 Å². The molecule has 0 bridgehead atoms. The van der Waals surface area contributed by atoms with Crippen LogP contribution in [0.5, 0.6) is 0 Å².